The predicted molar refractivity (Wildman–Crippen MR) is 130 cm³/mol. The van der Waals surface area contributed by atoms with E-state index in [1.54, 1.807) is 13.3 Å². The number of ether oxygens (including phenoxy) is 1. The molecule has 6 rings (SSSR count). The van der Waals surface area contributed by atoms with Crippen LogP contribution >= 0.6 is 0 Å². The summed E-state index contributed by atoms with van der Waals surface area (Å²) in [4.78, 5) is 26.9. The zero-order valence-electron chi connectivity index (χ0n) is 19.1. The summed E-state index contributed by atoms with van der Waals surface area (Å²) >= 11 is 0. The molecule has 4 aromatic rings. The molecule has 1 saturated heterocycles. The third-order valence-electron chi connectivity index (χ3n) is 7.10. The second-order valence-corrected chi connectivity index (χ2v) is 9.13. The highest BCUT2D eigenvalue weighted by atomic mass is 16.5. The van der Waals surface area contributed by atoms with Crippen molar-refractivity contribution in [2.24, 2.45) is 0 Å². The van der Waals surface area contributed by atoms with Crippen LogP contribution in [0, 0.1) is 0 Å². The molecule has 2 N–H and O–H groups in total. The van der Waals surface area contributed by atoms with Gasteiger partial charge in [-0.25, -0.2) is 0 Å². The van der Waals surface area contributed by atoms with E-state index in [1.165, 1.54) is 0 Å². The Balaban J connectivity index is 1.23. The minimum absolute atomic E-state index is 0.284. The van der Waals surface area contributed by atoms with Gasteiger partial charge in [-0.05, 0) is 55.9 Å². The van der Waals surface area contributed by atoms with Gasteiger partial charge in [0.2, 0.25) is 17.7 Å². The number of carbonyl (C=O) groups is 1. The molecule has 34 heavy (non-hydrogen) atoms. The van der Waals surface area contributed by atoms with Crippen molar-refractivity contribution in [2.75, 3.05) is 19.0 Å². The Morgan fingerprint density at radius 2 is 2.03 bits per heavy atom. The first-order valence-corrected chi connectivity index (χ1v) is 11.9. The van der Waals surface area contributed by atoms with Gasteiger partial charge >= 0.3 is 0 Å². The molecule has 0 unspecified atom stereocenters. The molecule has 1 aliphatic carbocycles. The van der Waals surface area contributed by atoms with Crippen LogP contribution in [0.2, 0.25) is 0 Å². The Kier molecular flexibility index (Phi) is 5.24. The van der Waals surface area contributed by atoms with Crippen molar-refractivity contribution in [2.45, 2.75) is 50.6 Å². The lowest BCUT2D eigenvalue weighted by Gasteiger charge is -2.34. The van der Waals surface area contributed by atoms with Gasteiger partial charge < -0.3 is 19.9 Å². The van der Waals surface area contributed by atoms with Crippen LogP contribution in [-0.2, 0) is 4.79 Å². The van der Waals surface area contributed by atoms with Gasteiger partial charge in [0, 0.05) is 42.2 Å². The number of hydrogen-bond acceptors (Lipinski definition) is 7. The number of nitrogens with one attached hydrogen (secondary N) is 2. The lowest BCUT2D eigenvalue weighted by atomic mass is 9.90. The first kappa shape index (κ1) is 20.8. The average molecular weight is 458 g/mol. The number of nitrogens with zero attached hydrogens (tertiary/aromatic N) is 5. The van der Waals surface area contributed by atoms with Gasteiger partial charge in [-0.1, -0.05) is 6.07 Å². The van der Waals surface area contributed by atoms with Crippen LogP contribution in [0.3, 0.4) is 0 Å². The van der Waals surface area contributed by atoms with Crippen molar-refractivity contribution in [3.63, 3.8) is 0 Å². The number of anilines is 1. The Bertz CT molecular complexity index is 1360. The highest BCUT2D eigenvalue weighted by Gasteiger charge is 2.31. The van der Waals surface area contributed by atoms with Gasteiger partial charge in [0.25, 0.3) is 0 Å². The number of hydrogen-bond donors (Lipinski definition) is 2. The number of aromatic nitrogens is 5. The van der Waals surface area contributed by atoms with Crippen molar-refractivity contribution < 1.29 is 9.53 Å². The van der Waals surface area contributed by atoms with Gasteiger partial charge in [-0.3, -0.25) is 4.79 Å². The Labute approximate surface area is 196 Å². The summed E-state index contributed by atoms with van der Waals surface area (Å²) in [6.45, 7) is 0.915. The molecule has 0 atom stereocenters. The Morgan fingerprint density at radius 1 is 1.15 bits per heavy atom. The second kappa shape index (κ2) is 8.55. The molecule has 1 saturated carbocycles. The zero-order valence-corrected chi connectivity index (χ0v) is 19.1. The quantitative estimate of drug-likeness (QED) is 0.467. The minimum atomic E-state index is 0.284. The monoisotopic (exact) mass is 457 g/mol. The highest BCUT2D eigenvalue weighted by Crippen LogP contribution is 2.36. The molecule has 0 bridgehead atoms. The Hall–Kier alpha value is -3.75. The van der Waals surface area contributed by atoms with Gasteiger partial charge in [-0.2, -0.15) is 20.2 Å². The standard InChI is InChI=1S/C25H27N7O2/c1-34-24-22-19(15-4-9-20-16(13-15)10-11-27-31-20)14-26-23(22)29-25(30-24)28-17-5-7-18(8-6-17)32-12-2-3-21(32)33/h4,9-11,13-14,17-18H,2-3,5-8,12H2,1H3,(H2,26,28,29,30)/t17-,18+. The minimum Gasteiger partial charge on any atom is -0.480 e. The molecule has 4 heterocycles. The number of methoxy groups -OCH3 is 1. The normalized spacial score (nSPS) is 20.9. The topological polar surface area (TPSA) is 109 Å². The summed E-state index contributed by atoms with van der Waals surface area (Å²) in [6.07, 6.45) is 9.36. The number of aromatic amines is 1. The molecule has 1 aliphatic heterocycles. The maximum atomic E-state index is 12.1. The number of H-pyrrole nitrogens is 1. The van der Waals surface area contributed by atoms with E-state index in [-0.39, 0.29) is 6.04 Å². The molecular formula is C25H27N7O2. The number of rotatable bonds is 5. The van der Waals surface area contributed by atoms with Crippen LogP contribution in [0.4, 0.5) is 5.95 Å². The van der Waals surface area contributed by atoms with Crippen LogP contribution in [0.25, 0.3) is 33.1 Å². The number of amides is 1. The van der Waals surface area contributed by atoms with Crippen LogP contribution < -0.4 is 10.1 Å². The van der Waals surface area contributed by atoms with E-state index in [4.69, 9.17) is 14.7 Å². The van der Waals surface area contributed by atoms with E-state index in [1.807, 2.05) is 24.4 Å². The van der Waals surface area contributed by atoms with E-state index in [0.29, 0.717) is 30.2 Å². The summed E-state index contributed by atoms with van der Waals surface area (Å²) < 4.78 is 5.68. The highest BCUT2D eigenvalue weighted by molar-refractivity contribution is 5.99. The lowest BCUT2D eigenvalue weighted by molar-refractivity contribution is -0.130. The third kappa shape index (κ3) is 3.70. The van der Waals surface area contributed by atoms with Gasteiger partial charge in [-0.15, -0.1) is 0 Å². The summed E-state index contributed by atoms with van der Waals surface area (Å²) in [5.41, 5.74) is 3.59. The molecular weight excluding hydrogens is 430 g/mol. The smallest absolute Gasteiger partial charge is 0.228 e. The molecule has 9 heteroatoms. The van der Waals surface area contributed by atoms with Crippen molar-refractivity contribution in [3.05, 3.63) is 36.7 Å². The number of benzene rings is 1. The van der Waals surface area contributed by atoms with E-state index in [2.05, 4.69) is 31.5 Å². The average Bonchev–Trinajstić information content (AvgIpc) is 3.50. The second-order valence-electron chi connectivity index (χ2n) is 9.13. The molecule has 1 aromatic carbocycles. The van der Waals surface area contributed by atoms with Crippen LogP contribution in [0.5, 0.6) is 5.88 Å². The van der Waals surface area contributed by atoms with E-state index >= 15 is 0 Å². The van der Waals surface area contributed by atoms with E-state index < -0.39 is 0 Å². The third-order valence-corrected chi connectivity index (χ3v) is 7.10. The largest absolute Gasteiger partial charge is 0.480 e. The van der Waals surface area contributed by atoms with Crippen molar-refractivity contribution in [1.82, 2.24) is 30.0 Å². The lowest BCUT2D eigenvalue weighted by Crippen LogP contribution is -2.41. The van der Waals surface area contributed by atoms with Gasteiger partial charge in [0.05, 0.1) is 24.2 Å². The van der Waals surface area contributed by atoms with E-state index in [9.17, 15) is 4.79 Å². The van der Waals surface area contributed by atoms with E-state index in [0.717, 1.165) is 71.7 Å². The number of likely N-dealkylation sites (tertiary alicyclic amines) is 1. The van der Waals surface area contributed by atoms with Crippen LogP contribution in [0.1, 0.15) is 38.5 Å². The molecule has 1 amide bonds. The fourth-order valence-electron chi connectivity index (χ4n) is 5.37. The van der Waals surface area contributed by atoms with Crippen LogP contribution in [-0.4, -0.2) is 61.7 Å². The van der Waals surface area contributed by atoms with Crippen molar-refractivity contribution in [1.29, 1.82) is 0 Å². The summed E-state index contributed by atoms with van der Waals surface area (Å²) in [6, 6.07) is 8.68. The summed E-state index contributed by atoms with van der Waals surface area (Å²) in [5.74, 6) is 1.41. The summed E-state index contributed by atoms with van der Waals surface area (Å²) in [7, 11) is 1.64. The number of carbonyl (C=O) groups excluding carboxylic acids is 1. The maximum absolute atomic E-state index is 12.1. The van der Waals surface area contributed by atoms with Gasteiger partial charge in [0.15, 0.2) is 0 Å². The predicted octanol–water partition coefficient (Wildman–Crippen LogP) is 3.92. The maximum Gasteiger partial charge on any atom is 0.228 e. The Morgan fingerprint density at radius 3 is 2.82 bits per heavy atom. The molecule has 9 nitrogen and oxygen atoms in total. The summed E-state index contributed by atoms with van der Waals surface area (Å²) in [5, 5.41) is 13.5. The molecule has 2 aliphatic rings. The first-order chi connectivity index (χ1) is 16.7. The zero-order chi connectivity index (χ0) is 23.1. The molecule has 0 radical (unpaired) electrons. The van der Waals surface area contributed by atoms with Crippen molar-refractivity contribution in [3.8, 4) is 17.0 Å². The fourth-order valence-corrected chi connectivity index (χ4v) is 5.37. The fraction of sp³-hybridized carbons (Fsp3) is 0.400. The molecule has 2 fully saturated rings. The molecule has 174 valence electrons. The van der Waals surface area contributed by atoms with Gasteiger partial charge in [0.1, 0.15) is 5.65 Å². The van der Waals surface area contributed by atoms with Crippen LogP contribution in [0.15, 0.2) is 36.7 Å². The SMILES string of the molecule is COc1nc(N[C@H]2CC[C@@H](N3CCCC3=O)CC2)nc2[nH]cc(-c3ccc4nnccc4c3)c12. The first-order valence-electron chi connectivity index (χ1n) is 11.9. The number of fused-ring (bicyclic) bond motifs is 2. The molecule has 0 spiro atoms. The molecule has 3 aromatic heterocycles. The van der Waals surface area contributed by atoms with Crippen molar-refractivity contribution >= 4 is 33.8 Å².